The van der Waals surface area contributed by atoms with E-state index in [1.54, 1.807) is 0 Å². The van der Waals surface area contributed by atoms with Gasteiger partial charge in [0.05, 0.1) is 10.6 Å². The average Bonchev–Trinajstić information content (AvgIpc) is 2.78. The van der Waals surface area contributed by atoms with Crippen LogP contribution in [0.15, 0.2) is 18.2 Å². The van der Waals surface area contributed by atoms with Crippen LogP contribution in [-0.2, 0) is 4.79 Å². The van der Waals surface area contributed by atoms with Crippen LogP contribution in [0.2, 0.25) is 0 Å². The first kappa shape index (κ1) is 14.3. The van der Waals surface area contributed by atoms with Crippen LogP contribution in [0.3, 0.4) is 0 Å². The van der Waals surface area contributed by atoms with E-state index in [1.165, 1.54) is 17.0 Å². The number of carboxylic acids is 1. The third kappa shape index (κ3) is 2.44. The molecule has 2 rings (SSSR count). The van der Waals surface area contributed by atoms with Crippen LogP contribution in [-0.4, -0.2) is 34.3 Å². The number of amides is 1. The average molecular weight is 299 g/mol. The Balaban J connectivity index is 2.52. The summed E-state index contributed by atoms with van der Waals surface area (Å²) in [4.78, 5) is 34.6. The second kappa shape index (κ2) is 5.46. The van der Waals surface area contributed by atoms with E-state index in [2.05, 4.69) is 0 Å². The van der Waals surface area contributed by atoms with Gasteiger partial charge in [0.15, 0.2) is 5.56 Å². The molecule has 1 unspecified atom stereocenters. The van der Waals surface area contributed by atoms with Crippen LogP contribution in [0.25, 0.3) is 0 Å². The summed E-state index contributed by atoms with van der Waals surface area (Å²) in [6, 6.07) is 3.86. The van der Waals surface area contributed by atoms with Gasteiger partial charge in [0.2, 0.25) is 5.91 Å². The summed E-state index contributed by atoms with van der Waals surface area (Å²) in [5, 5.41) is 20.1. The van der Waals surface area contributed by atoms with Gasteiger partial charge in [-0.2, -0.15) is 0 Å². The maximum atomic E-state index is 11.9. The predicted octanol–water partition coefficient (Wildman–Crippen LogP) is 1.88. The van der Waals surface area contributed by atoms with Gasteiger partial charge in [-0.15, -0.1) is 11.6 Å². The third-order valence-electron chi connectivity index (χ3n) is 3.15. The molecule has 1 aliphatic rings. The van der Waals surface area contributed by atoms with Crippen molar-refractivity contribution in [1.82, 2.24) is 0 Å². The van der Waals surface area contributed by atoms with Crippen molar-refractivity contribution in [2.75, 3.05) is 17.3 Å². The first-order valence-corrected chi connectivity index (χ1v) is 6.36. The number of benzene rings is 1. The van der Waals surface area contributed by atoms with Crippen molar-refractivity contribution in [3.8, 4) is 0 Å². The van der Waals surface area contributed by atoms with Gasteiger partial charge in [-0.1, -0.05) is 6.07 Å². The van der Waals surface area contributed by atoms with E-state index in [4.69, 9.17) is 11.6 Å². The number of nitrogens with zero attached hydrogens (tertiary/aromatic N) is 2. The zero-order valence-corrected chi connectivity index (χ0v) is 11.0. The maximum absolute atomic E-state index is 11.9. The summed E-state index contributed by atoms with van der Waals surface area (Å²) in [6.07, 6.45) is 0.214. The minimum atomic E-state index is -1.44. The highest BCUT2D eigenvalue weighted by Crippen LogP contribution is 2.33. The molecule has 1 aliphatic heterocycles. The van der Waals surface area contributed by atoms with Gasteiger partial charge in [0, 0.05) is 24.9 Å². The first-order valence-electron chi connectivity index (χ1n) is 5.82. The normalized spacial score (nSPS) is 18.4. The smallest absolute Gasteiger partial charge is 0.344 e. The number of nitro benzene ring substituents is 1. The van der Waals surface area contributed by atoms with Crippen molar-refractivity contribution >= 4 is 34.9 Å². The van der Waals surface area contributed by atoms with Gasteiger partial charge in [0.25, 0.3) is 5.69 Å². The number of halogens is 1. The van der Waals surface area contributed by atoms with Gasteiger partial charge in [0.1, 0.15) is 0 Å². The summed E-state index contributed by atoms with van der Waals surface area (Å²) in [6.45, 7) is 0.268. The van der Waals surface area contributed by atoms with Gasteiger partial charge in [-0.3, -0.25) is 14.9 Å². The standard InChI is InChI=1S/C12H11ClN2O5/c13-5-7-4-10(16)14(6-7)8-2-1-3-9(15(19)20)11(8)12(17)18/h1-3,7H,4-6H2,(H,17,18). The zero-order chi connectivity index (χ0) is 14.9. The molecular formula is C12H11ClN2O5. The number of anilines is 1. The van der Waals surface area contributed by atoms with Crippen molar-refractivity contribution in [1.29, 1.82) is 0 Å². The van der Waals surface area contributed by atoms with Crippen LogP contribution in [0.4, 0.5) is 11.4 Å². The number of aromatic carboxylic acids is 1. The molecule has 0 aliphatic carbocycles. The van der Waals surface area contributed by atoms with Gasteiger partial charge < -0.3 is 10.0 Å². The molecule has 1 heterocycles. The quantitative estimate of drug-likeness (QED) is 0.519. The van der Waals surface area contributed by atoms with E-state index >= 15 is 0 Å². The Kier molecular flexibility index (Phi) is 3.89. The molecule has 1 amide bonds. The Morgan fingerprint density at radius 2 is 2.25 bits per heavy atom. The van der Waals surface area contributed by atoms with Crippen molar-refractivity contribution < 1.29 is 19.6 Å². The van der Waals surface area contributed by atoms with Crippen LogP contribution in [0.5, 0.6) is 0 Å². The summed E-state index contributed by atoms with van der Waals surface area (Å²) >= 11 is 5.71. The molecule has 0 radical (unpaired) electrons. The number of carbonyl (C=O) groups is 2. The Bertz CT molecular complexity index is 589. The molecule has 0 bridgehead atoms. The number of carbonyl (C=O) groups excluding carboxylic acids is 1. The topological polar surface area (TPSA) is 101 Å². The third-order valence-corrected chi connectivity index (χ3v) is 3.58. The van der Waals surface area contributed by atoms with E-state index in [9.17, 15) is 24.8 Å². The highest BCUT2D eigenvalue weighted by Gasteiger charge is 2.35. The predicted molar refractivity (Wildman–Crippen MR) is 71.2 cm³/mol. The molecule has 0 aromatic heterocycles. The number of carboxylic acid groups (broad SMARTS) is 1. The number of alkyl halides is 1. The Morgan fingerprint density at radius 3 is 2.75 bits per heavy atom. The van der Waals surface area contributed by atoms with E-state index in [-0.39, 0.29) is 36.4 Å². The van der Waals surface area contributed by atoms with E-state index in [1.807, 2.05) is 0 Å². The van der Waals surface area contributed by atoms with E-state index < -0.39 is 22.1 Å². The van der Waals surface area contributed by atoms with Crippen molar-refractivity contribution in [3.63, 3.8) is 0 Å². The molecule has 20 heavy (non-hydrogen) atoms. The molecule has 1 aromatic carbocycles. The zero-order valence-electron chi connectivity index (χ0n) is 10.3. The maximum Gasteiger partial charge on any atom is 0.344 e. The minimum absolute atomic E-state index is 0.0457. The van der Waals surface area contributed by atoms with Gasteiger partial charge in [-0.05, 0) is 12.0 Å². The molecule has 7 nitrogen and oxygen atoms in total. The number of nitro groups is 1. The number of hydrogen-bond donors (Lipinski definition) is 1. The lowest BCUT2D eigenvalue weighted by molar-refractivity contribution is -0.385. The molecule has 0 spiro atoms. The fourth-order valence-electron chi connectivity index (χ4n) is 2.24. The fraction of sp³-hybridized carbons (Fsp3) is 0.333. The molecule has 1 fully saturated rings. The van der Waals surface area contributed by atoms with Gasteiger partial charge in [-0.25, -0.2) is 4.79 Å². The molecule has 8 heteroatoms. The molecular weight excluding hydrogens is 288 g/mol. The lowest BCUT2D eigenvalue weighted by atomic mass is 10.1. The summed E-state index contributed by atoms with van der Waals surface area (Å²) in [7, 11) is 0. The summed E-state index contributed by atoms with van der Waals surface area (Å²) < 4.78 is 0. The molecule has 1 aromatic rings. The Hall–Kier alpha value is -2.15. The molecule has 0 saturated carbocycles. The lowest BCUT2D eigenvalue weighted by Gasteiger charge is -2.18. The number of rotatable bonds is 4. The largest absolute Gasteiger partial charge is 0.477 e. The van der Waals surface area contributed by atoms with Crippen LogP contribution >= 0.6 is 11.6 Å². The second-order valence-corrected chi connectivity index (χ2v) is 4.77. The summed E-state index contributed by atoms with van der Waals surface area (Å²) in [5.74, 6) is -1.52. The number of hydrogen-bond acceptors (Lipinski definition) is 4. The van der Waals surface area contributed by atoms with Crippen molar-refractivity contribution in [2.45, 2.75) is 6.42 Å². The SMILES string of the molecule is O=C(O)c1c(N2CC(CCl)CC2=O)cccc1[N+](=O)[O-]. The van der Waals surface area contributed by atoms with Crippen molar-refractivity contribution in [3.05, 3.63) is 33.9 Å². The summed E-state index contributed by atoms with van der Waals surface area (Å²) in [5.41, 5.74) is -0.956. The highest BCUT2D eigenvalue weighted by molar-refractivity contribution is 6.18. The second-order valence-electron chi connectivity index (χ2n) is 4.46. The Labute approximate surface area is 118 Å². The van der Waals surface area contributed by atoms with Crippen LogP contribution < -0.4 is 4.90 Å². The van der Waals surface area contributed by atoms with E-state index in [0.717, 1.165) is 6.07 Å². The van der Waals surface area contributed by atoms with Crippen LogP contribution in [0, 0.1) is 16.0 Å². The minimum Gasteiger partial charge on any atom is -0.477 e. The van der Waals surface area contributed by atoms with E-state index in [0.29, 0.717) is 0 Å². The monoisotopic (exact) mass is 298 g/mol. The first-order chi connectivity index (χ1) is 9.45. The van der Waals surface area contributed by atoms with Crippen molar-refractivity contribution in [2.24, 2.45) is 5.92 Å². The lowest BCUT2D eigenvalue weighted by Crippen LogP contribution is -2.27. The molecule has 1 N–H and O–H groups in total. The molecule has 106 valence electrons. The van der Waals surface area contributed by atoms with Gasteiger partial charge >= 0.3 is 5.97 Å². The molecule has 1 atom stereocenters. The molecule has 1 saturated heterocycles. The highest BCUT2D eigenvalue weighted by atomic mass is 35.5. The van der Waals surface area contributed by atoms with Crippen LogP contribution in [0.1, 0.15) is 16.8 Å². The Morgan fingerprint density at radius 1 is 1.55 bits per heavy atom. The fourth-order valence-corrected chi connectivity index (χ4v) is 2.45.